The van der Waals surface area contributed by atoms with E-state index in [1.807, 2.05) is 20.0 Å². The molecule has 0 spiro atoms. The van der Waals surface area contributed by atoms with Crippen LogP contribution in [0.15, 0.2) is 30.6 Å². The zero-order chi connectivity index (χ0) is 11.3. The Hall–Kier alpha value is -1.57. The number of nitrogens with zero attached hydrogens (tertiary/aromatic N) is 1. The highest BCUT2D eigenvalue weighted by atomic mass is 14.9. The molecule has 0 bridgehead atoms. The summed E-state index contributed by atoms with van der Waals surface area (Å²) < 4.78 is 0. The van der Waals surface area contributed by atoms with Crippen LogP contribution < -0.4 is 0 Å². The third-order valence-corrected chi connectivity index (χ3v) is 2.14. The summed E-state index contributed by atoms with van der Waals surface area (Å²) in [5.74, 6) is 0.942. The van der Waals surface area contributed by atoms with Gasteiger partial charge in [-0.2, -0.15) is 0 Å². The molecule has 0 atom stereocenters. The Bertz CT molecular complexity index is 402. The molecule has 0 saturated heterocycles. The van der Waals surface area contributed by atoms with Crippen molar-refractivity contribution in [3.63, 3.8) is 0 Å². The van der Waals surface area contributed by atoms with Crippen molar-refractivity contribution >= 4 is 0 Å². The van der Waals surface area contributed by atoms with Gasteiger partial charge in [0.1, 0.15) is 5.82 Å². The third kappa shape index (κ3) is 2.69. The van der Waals surface area contributed by atoms with Crippen molar-refractivity contribution in [2.24, 2.45) is 0 Å². The van der Waals surface area contributed by atoms with Crippen LogP contribution in [0, 0.1) is 13.8 Å². The van der Waals surface area contributed by atoms with Crippen LogP contribution in [-0.4, -0.2) is 9.97 Å². The van der Waals surface area contributed by atoms with E-state index in [0.29, 0.717) is 0 Å². The molecule has 80 valence electrons. The van der Waals surface area contributed by atoms with E-state index >= 15 is 0 Å². The number of aryl methyl sites for hydroxylation is 2. The van der Waals surface area contributed by atoms with E-state index in [0.717, 1.165) is 5.82 Å². The Kier molecular flexibility index (Phi) is 4.10. The number of nitrogens with one attached hydrogen (secondary N) is 1. The van der Waals surface area contributed by atoms with Gasteiger partial charge in [-0.05, 0) is 19.4 Å². The van der Waals surface area contributed by atoms with Gasteiger partial charge in [-0.25, -0.2) is 4.98 Å². The van der Waals surface area contributed by atoms with Gasteiger partial charge in [0.25, 0.3) is 0 Å². The van der Waals surface area contributed by atoms with Gasteiger partial charge in [-0.3, -0.25) is 0 Å². The molecule has 2 rings (SSSR count). The lowest BCUT2D eigenvalue weighted by Crippen LogP contribution is -1.85. The van der Waals surface area contributed by atoms with E-state index in [-0.39, 0.29) is 0 Å². The first kappa shape index (κ1) is 11.5. The number of imidazole rings is 1. The number of benzene rings is 1. The molecule has 1 heterocycles. The highest BCUT2D eigenvalue weighted by molar-refractivity contribution is 5.60. The van der Waals surface area contributed by atoms with E-state index < -0.39 is 0 Å². The largest absolute Gasteiger partial charge is 0.345 e. The molecule has 1 aromatic carbocycles. The molecule has 0 fully saturated rings. The van der Waals surface area contributed by atoms with Gasteiger partial charge in [-0.15, -0.1) is 0 Å². The van der Waals surface area contributed by atoms with Crippen LogP contribution in [0.4, 0.5) is 0 Å². The highest BCUT2D eigenvalue weighted by Crippen LogP contribution is 2.19. The molecule has 0 aliphatic heterocycles. The normalized spacial score (nSPS) is 9.33. The minimum atomic E-state index is 0.942. The van der Waals surface area contributed by atoms with Gasteiger partial charge in [-0.1, -0.05) is 37.6 Å². The van der Waals surface area contributed by atoms with Crippen molar-refractivity contribution in [3.8, 4) is 11.4 Å². The van der Waals surface area contributed by atoms with Crippen LogP contribution in [0.2, 0.25) is 0 Å². The summed E-state index contributed by atoms with van der Waals surface area (Å²) in [6.07, 6.45) is 3.61. The predicted octanol–water partition coefficient (Wildman–Crippen LogP) is 3.72. The summed E-state index contributed by atoms with van der Waals surface area (Å²) in [6.45, 7) is 8.20. The standard InChI is InChI=1S/C11H12N2.C2H6/c1-8-3-4-10(9(2)7-8)11-12-5-6-13-11;1-2/h3-7H,1-2H3,(H,12,13);1-2H3. The van der Waals surface area contributed by atoms with E-state index in [9.17, 15) is 0 Å². The SMILES string of the molecule is CC.Cc1ccc(-c2ncc[nH]2)c(C)c1. The van der Waals surface area contributed by atoms with Gasteiger partial charge in [0.2, 0.25) is 0 Å². The predicted molar refractivity (Wildman–Crippen MR) is 64.8 cm³/mol. The van der Waals surface area contributed by atoms with Crippen molar-refractivity contribution < 1.29 is 0 Å². The number of hydrogen-bond acceptors (Lipinski definition) is 1. The zero-order valence-electron chi connectivity index (χ0n) is 9.83. The van der Waals surface area contributed by atoms with E-state index in [1.54, 1.807) is 6.20 Å². The molecule has 0 radical (unpaired) electrons. The molecule has 0 unspecified atom stereocenters. The number of hydrogen-bond donors (Lipinski definition) is 1. The highest BCUT2D eigenvalue weighted by Gasteiger charge is 2.02. The minimum Gasteiger partial charge on any atom is -0.345 e. The summed E-state index contributed by atoms with van der Waals surface area (Å²) in [6, 6.07) is 6.37. The van der Waals surface area contributed by atoms with E-state index in [2.05, 4.69) is 42.0 Å². The maximum atomic E-state index is 4.22. The van der Waals surface area contributed by atoms with Gasteiger partial charge in [0, 0.05) is 18.0 Å². The molecule has 2 aromatic rings. The molecule has 0 amide bonds. The summed E-state index contributed by atoms with van der Waals surface area (Å²) in [5, 5.41) is 0. The average molecular weight is 202 g/mol. The first-order valence-corrected chi connectivity index (χ1v) is 5.34. The Morgan fingerprint density at radius 2 is 1.87 bits per heavy atom. The molecule has 1 N–H and O–H groups in total. The lowest BCUT2D eigenvalue weighted by molar-refractivity contribution is 1.27. The summed E-state index contributed by atoms with van der Waals surface area (Å²) in [7, 11) is 0. The Morgan fingerprint density at radius 3 is 2.40 bits per heavy atom. The van der Waals surface area contributed by atoms with Crippen LogP contribution in [0.25, 0.3) is 11.4 Å². The second-order valence-corrected chi connectivity index (χ2v) is 3.26. The number of aromatic nitrogens is 2. The number of rotatable bonds is 1. The molecule has 15 heavy (non-hydrogen) atoms. The van der Waals surface area contributed by atoms with Crippen molar-refractivity contribution in [3.05, 3.63) is 41.7 Å². The van der Waals surface area contributed by atoms with Gasteiger partial charge < -0.3 is 4.98 Å². The Balaban J connectivity index is 0.000000531. The van der Waals surface area contributed by atoms with Crippen molar-refractivity contribution in [1.82, 2.24) is 9.97 Å². The quantitative estimate of drug-likeness (QED) is 0.750. The maximum Gasteiger partial charge on any atom is 0.137 e. The zero-order valence-corrected chi connectivity index (χ0v) is 9.83. The van der Waals surface area contributed by atoms with E-state index in [1.165, 1.54) is 16.7 Å². The van der Waals surface area contributed by atoms with Crippen molar-refractivity contribution in [2.45, 2.75) is 27.7 Å². The fourth-order valence-electron chi connectivity index (χ4n) is 1.49. The molecule has 0 aliphatic rings. The molecular weight excluding hydrogens is 184 g/mol. The maximum absolute atomic E-state index is 4.22. The third-order valence-electron chi connectivity index (χ3n) is 2.14. The van der Waals surface area contributed by atoms with Crippen molar-refractivity contribution in [2.75, 3.05) is 0 Å². The summed E-state index contributed by atoms with van der Waals surface area (Å²) in [4.78, 5) is 7.32. The summed E-state index contributed by atoms with van der Waals surface area (Å²) in [5.41, 5.74) is 3.72. The van der Waals surface area contributed by atoms with Crippen molar-refractivity contribution in [1.29, 1.82) is 0 Å². The van der Waals surface area contributed by atoms with Crippen LogP contribution in [0.5, 0.6) is 0 Å². The number of H-pyrrole nitrogens is 1. The number of aromatic amines is 1. The molecular formula is C13H18N2. The molecule has 1 aromatic heterocycles. The van der Waals surface area contributed by atoms with Gasteiger partial charge in [0.05, 0.1) is 0 Å². The molecule has 2 nitrogen and oxygen atoms in total. The first-order valence-electron chi connectivity index (χ1n) is 5.34. The van der Waals surface area contributed by atoms with Crippen LogP contribution in [0.3, 0.4) is 0 Å². The van der Waals surface area contributed by atoms with Crippen LogP contribution in [-0.2, 0) is 0 Å². The Morgan fingerprint density at radius 1 is 1.13 bits per heavy atom. The lowest BCUT2D eigenvalue weighted by Gasteiger charge is -2.02. The van der Waals surface area contributed by atoms with E-state index in [4.69, 9.17) is 0 Å². The Labute approximate surface area is 91.4 Å². The minimum absolute atomic E-state index is 0.942. The monoisotopic (exact) mass is 202 g/mol. The average Bonchev–Trinajstić information content (AvgIpc) is 2.74. The fraction of sp³-hybridized carbons (Fsp3) is 0.308. The topological polar surface area (TPSA) is 28.7 Å². The second kappa shape index (κ2) is 5.35. The van der Waals surface area contributed by atoms with Gasteiger partial charge in [0.15, 0.2) is 0 Å². The fourth-order valence-corrected chi connectivity index (χ4v) is 1.49. The first-order chi connectivity index (χ1) is 7.27. The van der Waals surface area contributed by atoms with Gasteiger partial charge >= 0.3 is 0 Å². The summed E-state index contributed by atoms with van der Waals surface area (Å²) >= 11 is 0. The second-order valence-electron chi connectivity index (χ2n) is 3.26. The lowest BCUT2D eigenvalue weighted by atomic mass is 10.1. The van der Waals surface area contributed by atoms with Crippen LogP contribution >= 0.6 is 0 Å². The molecule has 0 aliphatic carbocycles. The smallest absolute Gasteiger partial charge is 0.137 e. The van der Waals surface area contributed by atoms with Crippen LogP contribution in [0.1, 0.15) is 25.0 Å². The molecule has 0 saturated carbocycles. The molecule has 2 heteroatoms.